The van der Waals surface area contributed by atoms with Gasteiger partial charge in [0.05, 0.1) is 0 Å². The normalized spacial score (nSPS) is 12.2. The molecule has 0 aromatic carbocycles. The minimum absolute atomic E-state index is 0.121. The van der Waals surface area contributed by atoms with Gasteiger partial charge in [0.1, 0.15) is 19.3 Å². The Bertz CT molecular complexity index is 395. The van der Waals surface area contributed by atoms with Crippen LogP contribution in [0.25, 0.3) is 0 Å². The summed E-state index contributed by atoms with van der Waals surface area (Å²) in [5.41, 5.74) is 0. The molecule has 1 atom stereocenters. The van der Waals surface area contributed by atoms with Crippen LogP contribution in [0.4, 0.5) is 0 Å². The number of hydrogen-bond acceptors (Lipinski definition) is 5. The van der Waals surface area contributed by atoms with Gasteiger partial charge in [0.15, 0.2) is 0 Å². The molecule has 0 aliphatic heterocycles. The Kier molecular flexibility index (Phi) is 19.4. The number of ether oxygens (including phenoxy) is 2. The Morgan fingerprint density at radius 3 is 1.55 bits per heavy atom. The molecule has 1 N–H and O–H groups in total. The first-order valence-corrected chi connectivity index (χ1v) is 11.9. The molecule has 0 fully saturated rings. The van der Waals surface area contributed by atoms with Gasteiger partial charge in [0.2, 0.25) is 0 Å². The number of carbonyl (C=O) groups excluding carboxylic acids is 2. The molecule has 0 saturated carbocycles. The number of hydrogen-bond donors (Lipinski definition) is 1. The van der Waals surface area contributed by atoms with Gasteiger partial charge < -0.3 is 14.6 Å². The van der Waals surface area contributed by atoms with Crippen LogP contribution in [0.15, 0.2) is 0 Å². The maximum atomic E-state index is 11.6. The van der Waals surface area contributed by atoms with E-state index in [0.717, 1.165) is 25.2 Å². The molecule has 0 rings (SSSR count). The fourth-order valence-corrected chi connectivity index (χ4v) is 3.29. The standard InChI is InChI=1S/C24H46O5/c1-21(2)17-15-13-11-9-7-5-4-6-8-10-12-14-16-18-24(27)29-20-23(26)19-28-22(3)25/h21,23,26H,4-20H2,1-3H3. The Labute approximate surface area is 178 Å². The van der Waals surface area contributed by atoms with E-state index < -0.39 is 12.1 Å². The quantitative estimate of drug-likeness (QED) is 0.196. The van der Waals surface area contributed by atoms with Gasteiger partial charge in [-0.3, -0.25) is 9.59 Å². The van der Waals surface area contributed by atoms with E-state index in [1.54, 1.807) is 0 Å². The van der Waals surface area contributed by atoms with Crippen molar-refractivity contribution in [2.24, 2.45) is 5.92 Å². The maximum Gasteiger partial charge on any atom is 0.305 e. The lowest BCUT2D eigenvalue weighted by molar-refractivity contribution is -0.151. The third kappa shape index (κ3) is 23.0. The molecule has 0 aliphatic carbocycles. The van der Waals surface area contributed by atoms with Gasteiger partial charge in [-0.15, -0.1) is 0 Å². The Balaban J connectivity index is 3.25. The van der Waals surface area contributed by atoms with Gasteiger partial charge in [-0.2, -0.15) is 0 Å². The highest BCUT2D eigenvalue weighted by Crippen LogP contribution is 2.14. The molecule has 0 radical (unpaired) electrons. The van der Waals surface area contributed by atoms with Crippen molar-refractivity contribution in [3.05, 3.63) is 0 Å². The molecule has 0 aromatic heterocycles. The summed E-state index contributed by atoms with van der Waals surface area (Å²) in [7, 11) is 0. The molecule has 5 nitrogen and oxygen atoms in total. The zero-order chi connectivity index (χ0) is 21.7. The molecule has 5 heteroatoms. The van der Waals surface area contributed by atoms with Crippen molar-refractivity contribution in [3.8, 4) is 0 Å². The van der Waals surface area contributed by atoms with E-state index >= 15 is 0 Å². The van der Waals surface area contributed by atoms with Gasteiger partial charge in [0, 0.05) is 13.3 Å². The molecule has 0 aliphatic rings. The van der Waals surface area contributed by atoms with E-state index in [2.05, 4.69) is 18.6 Å². The Hall–Kier alpha value is -1.10. The van der Waals surface area contributed by atoms with Crippen molar-refractivity contribution >= 4 is 11.9 Å². The van der Waals surface area contributed by atoms with E-state index in [4.69, 9.17) is 4.74 Å². The van der Waals surface area contributed by atoms with Crippen LogP contribution in [0.2, 0.25) is 0 Å². The number of aliphatic hydroxyl groups excluding tert-OH is 1. The largest absolute Gasteiger partial charge is 0.463 e. The predicted octanol–water partition coefficient (Wildman–Crippen LogP) is 5.96. The van der Waals surface area contributed by atoms with Gasteiger partial charge >= 0.3 is 11.9 Å². The molecule has 0 bridgehead atoms. The van der Waals surface area contributed by atoms with Crippen molar-refractivity contribution in [1.82, 2.24) is 0 Å². The van der Waals surface area contributed by atoms with Gasteiger partial charge in [-0.1, -0.05) is 97.3 Å². The van der Waals surface area contributed by atoms with Crippen LogP contribution < -0.4 is 0 Å². The average molecular weight is 415 g/mol. The van der Waals surface area contributed by atoms with E-state index in [9.17, 15) is 14.7 Å². The van der Waals surface area contributed by atoms with Crippen LogP contribution in [0.1, 0.15) is 117 Å². The van der Waals surface area contributed by atoms with E-state index in [-0.39, 0.29) is 19.2 Å². The summed E-state index contributed by atoms with van der Waals surface area (Å²) in [6.45, 7) is 5.62. The van der Waals surface area contributed by atoms with Crippen LogP contribution in [-0.4, -0.2) is 36.4 Å². The lowest BCUT2D eigenvalue weighted by atomic mass is 10.0. The highest BCUT2D eigenvalue weighted by Gasteiger charge is 2.10. The van der Waals surface area contributed by atoms with Crippen molar-refractivity contribution < 1.29 is 24.2 Å². The van der Waals surface area contributed by atoms with E-state index in [0.29, 0.717) is 6.42 Å². The second-order valence-corrected chi connectivity index (χ2v) is 8.67. The zero-order valence-electron chi connectivity index (χ0n) is 19.3. The lowest BCUT2D eigenvalue weighted by Crippen LogP contribution is -2.24. The lowest BCUT2D eigenvalue weighted by Gasteiger charge is -2.11. The summed E-state index contributed by atoms with van der Waals surface area (Å²) in [4.78, 5) is 22.2. The first-order chi connectivity index (χ1) is 13.9. The van der Waals surface area contributed by atoms with Crippen molar-refractivity contribution in [2.45, 2.75) is 123 Å². The topological polar surface area (TPSA) is 72.8 Å². The molecule has 0 saturated heterocycles. The zero-order valence-corrected chi connectivity index (χ0v) is 19.3. The number of unbranched alkanes of at least 4 members (excludes halogenated alkanes) is 12. The third-order valence-corrected chi connectivity index (χ3v) is 5.08. The van der Waals surface area contributed by atoms with Gasteiger partial charge in [-0.05, 0) is 12.3 Å². The van der Waals surface area contributed by atoms with E-state index in [1.165, 1.54) is 77.6 Å². The molecule has 29 heavy (non-hydrogen) atoms. The summed E-state index contributed by atoms with van der Waals surface area (Å²) < 4.78 is 9.63. The summed E-state index contributed by atoms with van der Waals surface area (Å²) >= 11 is 0. The molecular formula is C24H46O5. The maximum absolute atomic E-state index is 11.6. The number of carbonyl (C=O) groups is 2. The predicted molar refractivity (Wildman–Crippen MR) is 118 cm³/mol. The Morgan fingerprint density at radius 2 is 1.10 bits per heavy atom. The minimum atomic E-state index is -0.951. The van der Waals surface area contributed by atoms with Crippen LogP contribution in [0, 0.1) is 5.92 Å². The van der Waals surface area contributed by atoms with Crippen LogP contribution in [0.3, 0.4) is 0 Å². The number of esters is 2. The summed E-state index contributed by atoms with van der Waals surface area (Å²) in [6, 6.07) is 0. The first kappa shape index (κ1) is 27.9. The highest BCUT2D eigenvalue weighted by molar-refractivity contribution is 5.69. The first-order valence-electron chi connectivity index (χ1n) is 11.9. The van der Waals surface area contributed by atoms with Gasteiger partial charge in [-0.25, -0.2) is 0 Å². The average Bonchev–Trinajstić information content (AvgIpc) is 2.67. The monoisotopic (exact) mass is 414 g/mol. The number of rotatable bonds is 20. The summed E-state index contributed by atoms with van der Waals surface area (Å²) in [5.74, 6) is 0.0988. The van der Waals surface area contributed by atoms with E-state index in [1.807, 2.05) is 0 Å². The summed E-state index contributed by atoms with van der Waals surface area (Å²) in [5, 5.41) is 9.50. The smallest absolute Gasteiger partial charge is 0.305 e. The molecule has 172 valence electrons. The van der Waals surface area contributed by atoms with Crippen LogP contribution >= 0.6 is 0 Å². The fourth-order valence-electron chi connectivity index (χ4n) is 3.29. The fraction of sp³-hybridized carbons (Fsp3) is 0.917. The molecule has 0 aromatic rings. The number of aliphatic hydroxyl groups is 1. The molecule has 1 unspecified atom stereocenters. The third-order valence-electron chi connectivity index (χ3n) is 5.08. The van der Waals surface area contributed by atoms with Crippen LogP contribution in [-0.2, 0) is 19.1 Å². The SMILES string of the molecule is CC(=O)OCC(O)COC(=O)CCCCCCCCCCCCCCCC(C)C. The van der Waals surface area contributed by atoms with Crippen molar-refractivity contribution in [3.63, 3.8) is 0 Å². The minimum Gasteiger partial charge on any atom is -0.463 e. The van der Waals surface area contributed by atoms with Crippen molar-refractivity contribution in [2.75, 3.05) is 13.2 Å². The second-order valence-electron chi connectivity index (χ2n) is 8.67. The summed E-state index contributed by atoms with van der Waals surface area (Å²) in [6.07, 6.45) is 17.4. The van der Waals surface area contributed by atoms with Crippen molar-refractivity contribution in [1.29, 1.82) is 0 Å². The molecular weight excluding hydrogens is 368 g/mol. The van der Waals surface area contributed by atoms with Gasteiger partial charge in [0.25, 0.3) is 0 Å². The van der Waals surface area contributed by atoms with Crippen LogP contribution in [0.5, 0.6) is 0 Å². The highest BCUT2D eigenvalue weighted by atomic mass is 16.6. The molecule has 0 amide bonds. The Morgan fingerprint density at radius 1 is 0.690 bits per heavy atom. The second kappa shape index (κ2) is 20.2. The molecule has 0 heterocycles. The molecule has 0 spiro atoms.